The molecule has 1 unspecified atom stereocenters. The van der Waals surface area contributed by atoms with E-state index >= 15 is 0 Å². The Morgan fingerprint density at radius 1 is 1.38 bits per heavy atom. The molecule has 0 radical (unpaired) electrons. The van der Waals surface area contributed by atoms with Crippen molar-refractivity contribution in [3.8, 4) is 0 Å². The lowest BCUT2D eigenvalue weighted by molar-refractivity contribution is -0.0258. The summed E-state index contributed by atoms with van der Waals surface area (Å²) in [6.45, 7) is 12.0. The lowest BCUT2D eigenvalue weighted by atomic mass is 10.2. The van der Waals surface area contributed by atoms with Gasteiger partial charge in [-0.25, -0.2) is 0 Å². The first-order valence-corrected chi connectivity index (χ1v) is 6.49. The average molecular weight is 230 g/mol. The maximum absolute atomic E-state index is 5.69. The van der Waals surface area contributed by atoms with Gasteiger partial charge in [-0.3, -0.25) is 4.90 Å². The van der Waals surface area contributed by atoms with Crippen LogP contribution in [0.5, 0.6) is 0 Å². The summed E-state index contributed by atoms with van der Waals surface area (Å²) in [5.41, 5.74) is 0. The highest BCUT2D eigenvalue weighted by Crippen LogP contribution is 2.03. The minimum Gasteiger partial charge on any atom is -0.380 e. The van der Waals surface area contributed by atoms with E-state index in [0.717, 1.165) is 59.0 Å². The molecule has 0 aliphatic carbocycles. The van der Waals surface area contributed by atoms with Gasteiger partial charge in [-0.1, -0.05) is 13.8 Å². The summed E-state index contributed by atoms with van der Waals surface area (Å²) in [5, 5.41) is 3.38. The number of likely N-dealkylation sites (N-methyl/N-ethyl adjacent to an activating group) is 1. The van der Waals surface area contributed by atoms with Gasteiger partial charge in [0.15, 0.2) is 0 Å². The van der Waals surface area contributed by atoms with Gasteiger partial charge in [-0.15, -0.1) is 0 Å². The summed E-state index contributed by atoms with van der Waals surface area (Å²) >= 11 is 0. The molecule has 96 valence electrons. The summed E-state index contributed by atoms with van der Waals surface area (Å²) in [5.74, 6) is 0. The van der Waals surface area contributed by atoms with E-state index in [9.17, 15) is 0 Å². The summed E-state index contributed by atoms with van der Waals surface area (Å²) in [6.07, 6.45) is 1.44. The smallest absolute Gasteiger partial charge is 0.0826 e. The van der Waals surface area contributed by atoms with Crippen molar-refractivity contribution in [2.45, 2.75) is 26.4 Å². The Hall–Kier alpha value is -0.160. The van der Waals surface area contributed by atoms with Gasteiger partial charge in [-0.05, 0) is 13.0 Å². The number of hydrogen-bond acceptors (Lipinski definition) is 4. The molecular formula is C12H26N2O2. The second kappa shape index (κ2) is 8.93. The summed E-state index contributed by atoms with van der Waals surface area (Å²) in [6, 6.07) is 0. The molecule has 0 spiro atoms. The van der Waals surface area contributed by atoms with Crippen molar-refractivity contribution in [1.29, 1.82) is 0 Å². The SMILES string of the molecule is CCCOCCNCC1CN(CC)CCO1. The largest absolute Gasteiger partial charge is 0.380 e. The molecule has 0 aromatic rings. The number of morpholine rings is 1. The molecule has 4 heteroatoms. The van der Waals surface area contributed by atoms with E-state index in [0.29, 0.717) is 6.10 Å². The molecule has 1 atom stereocenters. The third-order valence-electron chi connectivity index (χ3n) is 2.81. The van der Waals surface area contributed by atoms with Crippen molar-refractivity contribution < 1.29 is 9.47 Å². The van der Waals surface area contributed by atoms with Gasteiger partial charge in [0.1, 0.15) is 0 Å². The van der Waals surface area contributed by atoms with E-state index in [1.165, 1.54) is 0 Å². The molecule has 1 aliphatic heterocycles. The minimum absolute atomic E-state index is 0.347. The van der Waals surface area contributed by atoms with Crippen LogP contribution in [0.25, 0.3) is 0 Å². The average Bonchev–Trinajstić information content (AvgIpc) is 2.34. The molecule has 1 N–H and O–H groups in total. The van der Waals surface area contributed by atoms with Crippen LogP contribution in [0, 0.1) is 0 Å². The molecule has 1 saturated heterocycles. The zero-order chi connectivity index (χ0) is 11.6. The predicted molar refractivity (Wildman–Crippen MR) is 65.8 cm³/mol. The van der Waals surface area contributed by atoms with E-state index in [-0.39, 0.29) is 0 Å². The van der Waals surface area contributed by atoms with E-state index in [4.69, 9.17) is 9.47 Å². The van der Waals surface area contributed by atoms with Crippen LogP contribution < -0.4 is 5.32 Å². The molecule has 0 bridgehead atoms. The molecule has 0 aromatic carbocycles. The van der Waals surface area contributed by atoms with E-state index in [2.05, 4.69) is 24.1 Å². The van der Waals surface area contributed by atoms with Gasteiger partial charge < -0.3 is 14.8 Å². The Morgan fingerprint density at radius 3 is 3.00 bits per heavy atom. The van der Waals surface area contributed by atoms with Crippen molar-refractivity contribution in [1.82, 2.24) is 10.2 Å². The molecule has 1 aliphatic rings. The van der Waals surface area contributed by atoms with Gasteiger partial charge >= 0.3 is 0 Å². The zero-order valence-corrected chi connectivity index (χ0v) is 10.7. The van der Waals surface area contributed by atoms with Crippen molar-refractivity contribution in [2.24, 2.45) is 0 Å². The summed E-state index contributed by atoms with van der Waals surface area (Å²) < 4.78 is 11.1. The maximum atomic E-state index is 5.69. The van der Waals surface area contributed by atoms with Gasteiger partial charge in [0.05, 0.1) is 19.3 Å². The van der Waals surface area contributed by atoms with E-state index < -0.39 is 0 Å². The standard InChI is InChI=1S/C12H26N2O2/c1-3-7-15-8-5-13-10-12-11-14(4-2)6-9-16-12/h12-13H,3-11H2,1-2H3. The first kappa shape index (κ1) is 13.9. The predicted octanol–water partition coefficient (Wildman–Crippen LogP) is 0.723. The van der Waals surface area contributed by atoms with Crippen LogP contribution in [-0.4, -0.2) is 63.5 Å². The number of ether oxygens (including phenoxy) is 2. The fourth-order valence-corrected chi connectivity index (χ4v) is 1.84. The van der Waals surface area contributed by atoms with E-state index in [1.807, 2.05) is 0 Å². The second-order valence-corrected chi connectivity index (χ2v) is 4.20. The molecular weight excluding hydrogens is 204 g/mol. The number of nitrogens with zero attached hydrogens (tertiary/aromatic N) is 1. The third-order valence-corrected chi connectivity index (χ3v) is 2.81. The lowest BCUT2D eigenvalue weighted by Gasteiger charge is -2.32. The Morgan fingerprint density at radius 2 is 2.25 bits per heavy atom. The Labute approximate surface area is 99.3 Å². The molecule has 0 saturated carbocycles. The van der Waals surface area contributed by atoms with Crippen LogP contribution in [0.4, 0.5) is 0 Å². The highest BCUT2D eigenvalue weighted by Gasteiger charge is 2.18. The first-order chi connectivity index (χ1) is 7.86. The summed E-state index contributed by atoms with van der Waals surface area (Å²) in [4.78, 5) is 2.43. The lowest BCUT2D eigenvalue weighted by Crippen LogP contribution is -2.46. The van der Waals surface area contributed by atoms with Gasteiger partial charge in [0, 0.05) is 32.8 Å². The van der Waals surface area contributed by atoms with Gasteiger partial charge in [0.25, 0.3) is 0 Å². The molecule has 1 heterocycles. The van der Waals surface area contributed by atoms with Gasteiger partial charge in [-0.2, -0.15) is 0 Å². The van der Waals surface area contributed by atoms with Crippen molar-refractivity contribution in [2.75, 3.05) is 52.5 Å². The first-order valence-electron chi connectivity index (χ1n) is 6.49. The summed E-state index contributed by atoms with van der Waals surface area (Å²) in [7, 11) is 0. The maximum Gasteiger partial charge on any atom is 0.0826 e. The van der Waals surface area contributed by atoms with Crippen molar-refractivity contribution in [3.63, 3.8) is 0 Å². The Balaban J connectivity index is 1.95. The van der Waals surface area contributed by atoms with Gasteiger partial charge in [0.2, 0.25) is 0 Å². The number of nitrogens with one attached hydrogen (secondary N) is 1. The normalized spacial score (nSPS) is 22.5. The van der Waals surface area contributed by atoms with Crippen LogP contribution in [0.2, 0.25) is 0 Å². The minimum atomic E-state index is 0.347. The van der Waals surface area contributed by atoms with Crippen LogP contribution in [-0.2, 0) is 9.47 Å². The Kier molecular flexibility index (Phi) is 7.76. The highest BCUT2D eigenvalue weighted by molar-refractivity contribution is 4.72. The molecule has 1 rings (SSSR count). The molecule has 0 aromatic heterocycles. The quantitative estimate of drug-likeness (QED) is 0.623. The number of hydrogen-bond donors (Lipinski definition) is 1. The van der Waals surface area contributed by atoms with Crippen LogP contribution >= 0.6 is 0 Å². The highest BCUT2D eigenvalue weighted by atomic mass is 16.5. The van der Waals surface area contributed by atoms with Crippen LogP contribution in [0.1, 0.15) is 20.3 Å². The third kappa shape index (κ3) is 5.80. The molecule has 4 nitrogen and oxygen atoms in total. The van der Waals surface area contributed by atoms with E-state index in [1.54, 1.807) is 0 Å². The molecule has 1 fully saturated rings. The zero-order valence-electron chi connectivity index (χ0n) is 10.7. The monoisotopic (exact) mass is 230 g/mol. The van der Waals surface area contributed by atoms with Crippen LogP contribution in [0.3, 0.4) is 0 Å². The second-order valence-electron chi connectivity index (χ2n) is 4.20. The van der Waals surface area contributed by atoms with Crippen molar-refractivity contribution >= 4 is 0 Å². The Bertz CT molecular complexity index is 167. The molecule has 16 heavy (non-hydrogen) atoms. The van der Waals surface area contributed by atoms with Crippen LogP contribution in [0.15, 0.2) is 0 Å². The fraction of sp³-hybridized carbons (Fsp3) is 1.00. The number of rotatable bonds is 8. The topological polar surface area (TPSA) is 33.7 Å². The molecule has 0 amide bonds. The fourth-order valence-electron chi connectivity index (χ4n) is 1.84. The van der Waals surface area contributed by atoms with Crippen molar-refractivity contribution in [3.05, 3.63) is 0 Å².